The van der Waals surface area contributed by atoms with E-state index >= 15 is 0 Å². The van der Waals surface area contributed by atoms with Gasteiger partial charge in [0.05, 0.1) is 5.69 Å². The molecule has 1 aliphatic rings. The number of ether oxygens (including phenoxy) is 1. The van der Waals surface area contributed by atoms with E-state index in [4.69, 9.17) is 16.3 Å². The van der Waals surface area contributed by atoms with E-state index in [9.17, 15) is 9.59 Å². The SMILES string of the molecule is CCN(C(=O)CCN1C(=O)C(C)(C)Oc2ccc(Cl)cc21)c1ccccc1. The van der Waals surface area contributed by atoms with Crippen molar-refractivity contribution in [3.63, 3.8) is 0 Å². The lowest BCUT2D eigenvalue weighted by Crippen LogP contribution is -2.53. The highest BCUT2D eigenvalue weighted by Crippen LogP contribution is 2.39. The molecule has 5 nitrogen and oxygen atoms in total. The largest absolute Gasteiger partial charge is 0.476 e. The Morgan fingerprint density at radius 1 is 1.19 bits per heavy atom. The lowest BCUT2D eigenvalue weighted by Gasteiger charge is -2.39. The summed E-state index contributed by atoms with van der Waals surface area (Å²) in [5.41, 5.74) is 0.456. The lowest BCUT2D eigenvalue weighted by atomic mass is 10.0. The van der Waals surface area contributed by atoms with Gasteiger partial charge < -0.3 is 14.5 Å². The number of hydrogen-bond acceptors (Lipinski definition) is 3. The van der Waals surface area contributed by atoms with Crippen molar-refractivity contribution >= 4 is 34.8 Å². The van der Waals surface area contributed by atoms with Gasteiger partial charge in [0.15, 0.2) is 5.60 Å². The number of rotatable bonds is 5. The fourth-order valence-electron chi connectivity index (χ4n) is 3.22. The van der Waals surface area contributed by atoms with Gasteiger partial charge in [-0.1, -0.05) is 29.8 Å². The van der Waals surface area contributed by atoms with Gasteiger partial charge in [-0.15, -0.1) is 0 Å². The highest BCUT2D eigenvalue weighted by atomic mass is 35.5. The van der Waals surface area contributed by atoms with E-state index in [1.54, 1.807) is 41.8 Å². The van der Waals surface area contributed by atoms with Crippen molar-refractivity contribution in [1.29, 1.82) is 0 Å². The molecule has 27 heavy (non-hydrogen) atoms. The predicted octanol–water partition coefficient (Wildman–Crippen LogP) is 4.29. The number of nitrogens with zero attached hydrogens (tertiary/aromatic N) is 2. The average molecular weight is 387 g/mol. The summed E-state index contributed by atoms with van der Waals surface area (Å²) < 4.78 is 5.82. The smallest absolute Gasteiger partial charge is 0.270 e. The summed E-state index contributed by atoms with van der Waals surface area (Å²) in [5, 5.41) is 0.514. The normalized spacial score (nSPS) is 15.1. The van der Waals surface area contributed by atoms with Crippen LogP contribution >= 0.6 is 11.6 Å². The van der Waals surface area contributed by atoms with E-state index in [-0.39, 0.29) is 24.8 Å². The summed E-state index contributed by atoms with van der Waals surface area (Å²) in [6.45, 7) is 6.21. The first-order valence-electron chi connectivity index (χ1n) is 8.99. The zero-order valence-electron chi connectivity index (χ0n) is 15.7. The molecule has 2 aromatic carbocycles. The number of benzene rings is 2. The number of carbonyl (C=O) groups excluding carboxylic acids is 2. The van der Waals surface area contributed by atoms with E-state index < -0.39 is 5.60 Å². The molecule has 1 heterocycles. The number of hydrogen-bond donors (Lipinski definition) is 0. The molecule has 0 bridgehead atoms. The van der Waals surface area contributed by atoms with E-state index in [0.717, 1.165) is 5.69 Å². The maximum atomic E-state index is 12.9. The van der Waals surface area contributed by atoms with Crippen LogP contribution in [0, 0.1) is 0 Å². The maximum absolute atomic E-state index is 12.9. The zero-order valence-corrected chi connectivity index (χ0v) is 16.5. The molecule has 142 valence electrons. The monoisotopic (exact) mass is 386 g/mol. The topological polar surface area (TPSA) is 49.9 Å². The summed E-state index contributed by atoms with van der Waals surface area (Å²) in [6, 6.07) is 14.7. The van der Waals surface area contributed by atoms with Crippen LogP contribution in [0.25, 0.3) is 0 Å². The highest BCUT2D eigenvalue weighted by molar-refractivity contribution is 6.31. The summed E-state index contributed by atoms with van der Waals surface area (Å²) in [5.74, 6) is 0.365. The molecule has 0 saturated carbocycles. The molecular formula is C21H23ClN2O3. The molecule has 6 heteroatoms. The molecule has 0 N–H and O–H groups in total. The Hall–Kier alpha value is -2.53. The van der Waals surface area contributed by atoms with Crippen LogP contribution < -0.4 is 14.5 Å². The van der Waals surface area contributed by atoms with E-state index in [1.807, 2.05) is 37.3 Å². The van der Waals surface area contributed by atoms with Crippen molar-refractivity contribution in [3.05, 3.63) is 53.6 Å². The Labute approximate surface area is 164 Å². The van der Waals surface area contributed by atoms with E-state index in [1.165, 1.54) is 0 Å². The molecule has 0 fully saturated rings. The van der Waals surface area contributed by atoms with Crippen molar-refractivity contribution in [2.75, 3.05) is 22.9 Å². The summed E-state index contributed by atoms with van der Waals surface area (Å²) in [7, 11) is 0. The van der Waals surface area contributed by atoms with Gasteiger partial charge >= 0.3 is 0 Å². The van der Waals surface area contributed by atoms with Crippen molar-refractivity contribution in [1.82, 2.24) is 0 Å². The van der Waals surface area contributed by atoms with Crippen LogP contribution in [0.4, 0.5) is 11.4 Å². The molecule has 2 amide bonds. The van der Waals surface area contributed by atoms with Crippen LogP contribution in [0.3, 0.4) is 0 Å². The molecule has 2 aromatic rings. The second-order valence-corrected chi connectivity index (χ2v) is 7.34. The quantitative estimate of drug-likeness (QED) is 0.770. The third-order valence-electron chi connectivity index (χ3n) is 4.57. The average Bonchev–Trinajstić information content (AvgIpc) is 2.64. The summed E-state index contributed by atoms with van der Waals surface area (Å²) in [4.78, 5) is 29.0. The second-order valence-electron chi connectivity index (χ2n) is 6.90. The molecule has 0 unspecified atom stereocenters. The van der Waals surface area contributed by atoms with Gasteiger partial charge in [0, 0.05) is 30.2 Å². The van der Waals surface area contributed by atoms with Crippen molar-refractivity contribution in [3.8, 4) is 5.75 Å². The number of anilines is 2. The number of halogens is 1. The van der Waals surface area contributed by atoms with Crippen LogP contribution in [0.2, 0.25) is 5.02 Å². The first kappa shape index (κ1) is 19.2. The summed E-state index contributed by atoms with van der Waals surface area (Å²) >= 11 is 6.11. The number of amides is 2. The summed E-state index contributed by atoms with van der Waals surface area (Å²) in [6.07, 6.45) is 0.205. The van der Waals surface area contributed by atoms with E-state index in [0.29, 0.717) is 23.0 Å². The van der Waals surface area contributed by atoms with Gasteiger partial charge in [0.2, 0.25) is 5.91 Å². The molecule has 0 aromatic heterocycles. The van der Waals surface area contributed by atoms with Gasteiger partial charge in [-0.05, 0) is 51.1 Å². The Morgan fingerprint density at radius 3 is 2.56 bits per heavy atom. The predicted molar refractivity (Wildman–Crippen MR) is 108 cm³/mol. The van der Waals surface area contributed by atoms with Crippen LogP contribution in [0.15, 0.2) is 48.5 Å². The molecular weight excluding hydrogens is 364 g/mol. The third-order valence-corrected chi connectivity index (χ3v) is 4.81. The molecule has 0 radical (unpaired) electrons. The van der Waals surface area contributed by atoms with Crippen LogP contribution in [-0.4, -0.2) is 30.5 Å². The van der Waals surface area contributed by atoms with Crippen molar-refractivity contribution in [2.45, 2.75) is 32.8 Å². The molecule has 0 aliphatic carbocycles. The van der Waals surface area contributed by atoms with Gasteiger partial charge in [-0.3, -0.25) is 9.59 Å². The molecule has 0 spiro atoms. The Balaban J connectivity index is 1.81. The maximum Gasteiger partial charge on any atom is 0.270 e. The third kappa shape index (κ3) is 3.93. The Morgan fingerprint density at radius 2 is 1.89 bits per heavy atom. The molecule has 3 rings (SSSR count). The fourth-order valence-corrected chi connectivity index (χ4v) is 3.38. The van der Waals surface area contributed by atoms with Crippen molar-refractivity contribution < 1.29 is 14.3 Å². The van der Waals surface area contributed by atoms with Gasteiger partial charge in [0.1, 0.15) is 5.75 Å². The van der Waals surface area contributed by atoms with Gasteiger partial charge in [-0.2, -0.15) is 0 Å². The zero-order chi connectivity index (χ0) is 19.6. The number of carbonyl (C=O) groups is 2. The van der Waals surface area contributed by atoms with Gasteiger partial charge in [-0.25, -0.2) is 0 Å². The van der Waals surface area contributed by atoms with Gasteiger partial charge in [0.25, 0.3) is 5.91 Å². The van der Waals surface area contributed by atoms with Crippen molar-refractivity contribution in [2.24, 2.45) is 0 Å². The van der Waals surface area contributed by atoms with Crippen LogP contribution in [0.1, 0.15) is 27.2 Å². The number of para-hydroxylation sites is 1. The lowest BCUT2D eigenvalue weighted by molar-refractivity contribution is -0.132. The Kier molecular flexibility index (Phi) is 5.42. The first-order chi connectivity index (χ1) is 12.8. The van der Waals surface area contributed by atoms with E-state index in [2.05, 4.69) is 0 Å². The first-order valence-corrected chi connectivity index (χ1v) is 9.37. The Bertz CT molecular complexity index is 852. The fraction of sp³-hybridized carbons (Fsp3) is 0.333. The minimum atomic E-state index is -0.992. The standard InChI is InChI=1S/C21H23ClN2O3/c1-4-23(16-8-6-5-7-9-16)19(25)12-13-24-17-14-15(22)10-11-18(17)27-21(2,3)20(24)26/h5-11,14H,4,12-13H2,1-3H3. The molecule has 0 saturated heterocycles. The molecule has 1 aliphatic heterocycles. The van der Waals surface area contributed by atoms with Crippen LogP contribution in [-0.2, 0) is 9.59 Å². The number of fused-ring (bicyclic) bond motifs is 1. The minimum absolute atomic E-state index is 0.0376. The highest BCUT2D eigenvalue weighted by Gasteiger charge is 2.41. The second kappa shape index (κ2) is 7.61. The van der Waals surface area contributed by atoms with Crippen LogP contribution in [0.5, 0.6) is 5.75 Å². The minimum Gasteiger partial charge on any atom is -0.476 e. The molecule has 0 atom stereocenters.